The summed E-state index contributed by atoms with van der Waals surface area (Å²) < 4.78 is 0. The summed E-state index contributed by atoms with van der Waals surface area (Å²) in [7, 11) is 0. The zero-order valence-electron chi connectivity index (χ0n) is 11.9. The van der Waals surface area contributed by atoms with Crippen molar-refractivity contribution in [2.45, 2.75) is 52.5 Å². The van der Waals surface area contributed by atoms with E-state index in [0.717, 1.165) is 23.8 Å². The summed E-state index contributed by atoms with van der Waals surface area (Å²) >= 11 is 0. The van der Waals surface area contributed by atoms with Crippen molar-refractivity contribution in [3.05, 3.63) is 0 Å². The predicted octanol–water partition coefficient (Wildman–Crippen LogP) is 2.74. The fourth-order valence-electron chi connectivity index (χ4n) is 3.93. The maximum Gasteiger partial charge on any atom is 0.0122 e. The van der Waals surface area contributed by atoms with Crippen LogP contribution in [0.25, 0.3) is 0 Å². The molecule has 100 valence electrons. The summed E-state index contributed by atoms with van der Waals surface area (Å²) in [6.45, 7) is 12.1. The molecule has 3 atom stereocenters. The molecule has 2 aliphatic rings. The van der Waals surface area contributed by atoms with E-state index >= 15 is 0 Å². The van der Waals surface area contributed by atoms with Crippen molar-refractivity contribution in [1.82, 2.24) is 10.2 Å². The molecular weight excluding hydrogens is 208 g/mol. The topological polar surface area (TPSA) is 15.3 Å². The van der Waals surface area contributed by atoms with Gasteiger partial charge in [0.15, 0.2) is 0 Å². The molecule has 1 saturated carbocycles. The van der Waals surface area contributed by atoms with Crippen LogP contribution in [0.5, 0.6) is 0 Å². The SMILES string of the molecule is CC(C)CC1CCC(N2CCNCC2)C(C)C1. The number of nitrogens with zero attached hydrogens (tertiary/aromatic N) is 1. The Kier molecular flexibility index (Phi) is 4.87. The van der Waals surface area contributed by atoms with Crippen molar-refractivity contribution in [2.75, 3.05) is 26.2 Å². The monoisotopic (exact) mass is 238 g/mol. The molecule has 0 radical (unpaired) electrons. The molecule has 2 rings (SSSR count). The van der Waals surface area contributed by atoms with Gasteiger partial charge in [0.25, 0.3) is 0 Å². The Morgan fingerprint density at radius 1 is 1.18 bits per heavy atom. The van der Waals surface area contributed by atoms with E-state index < -0.39 is 0 Å². The lowest BCUT2D eigenvalue weighted by Gasteiger charge is -2.43. The van der Waals surface area contributed by atoms with Crippen molar-refractivity contribution in [3.63, 3.8) is 0 Å². The second kappa shape index (κ2) is 6.19. The molecule has 1 aliphatic carbocycles. The van der Waals surface area contributed by atoms with Crippen molar-refractivity contribution < 1.29 is 0 Å². The Morgan fingerprint density at radius 2 is 1.88 bits per heavy atom. The molecule has 2 nitrogen and oxygen atoms in total. The second-order valence-corrected chi connectivity index (χ2v) is 6.64. The molecule has 0 aromatic carbocycles. The Labute approximate surface area is 107 Å². The van der Waals surface area contributed by atoms with E-state index in [1.807, 2.05) is 0 Å². The summed E-state index contributed by atoms with van der Waals surface area (Å²) in [5, 5.41) is 3.46. The van der Waals surface area contributed by atoms with E-state index in [9.17, 15) is 0 Å². The van der Waals surface area contributed by atoms with Crippen LogP contribution in [-0.4, -0.2) is 37.1 Å². The van der Waals surface area contributed by atoms with Gasteiger partial charge in [-0.05, 0) is 43.4 Å². The highest BCUT2D eigenvalue weighted by atomic mass is 15.2. The van der Waals surface area contributed by atoms with Crippen molar-refractivity contribution in [3.8, 4) is 0 Å². The van der Waals surface area contributed by atoms with Crippen LogP contribution >= 0.6 is 0 Å². The molecule has 1 aliphatic heterocycles. The number of nitrogens with one attached hydrogen (secondary N) is 1. The van der Waals surface area contributed by atoms with Gasteiger partial charge >= 0.3 is 0 Å². The third-order valence-corrected chi connectivity index (χ3v) is 4.66. The van der Waals surface area contributed by atoms with E-state index in [4.69, 9.17) is 0 Å². The third-order valence-electron chi connectivity index (χ3n) is 4.66. The Morgan fingerprint density at radius 3 is 2.47 bits per heavy atom. The zero-order chi connectivity index (χ0) is 12.3. The molecule has 0 spiro atoms. The highest BCUT2D eigenvalue weighted by Gasteiger charge is 2.31. The molecule has 17 heavy (non-hydrogen) atoms. The fourth-order valence-corrected chi connectivity index (χ4v) is 3.93. The van der Waals surface area contributed by atoms with Gasteiger partial charge in [-0.3, -0.25) is 4.90 Å². The molecule has 0 bridgehead atoms. The van der Waals surface area contributed by atoms with Crippen LogP contribution in [0.15, 0.2) is 0 Å². The van der Waals surface area contributed by atoms with E-state index in [1.165, 1.54) is 51.9 Å². The molecule has 0 aromatic heterocycles. The zero-order valence-corrected chi connectivity index (χ0v) is 11.9. The van der Waals surface area contributed by atoms with Crippen molar-refractivity contribution in [2.24, 2.45) is 17.8 Å². The first kappa shape index (κ1) is 13.4. The van der Waals surface area contributed by atoms with Crippen LogP contribution < -0.4 is 5.32 Å². The van der Waals surface area contributed by atoms with E-state index in [0.29, 0.717) is 0 Å². The van der Waals surface area contributed by atoms with Gasteiger partial charge in [-0.25, -0.2) is 0 Å². The Balaban J connectivity index is 1.82. The minimum absolute atomic E-state index is 0.875. The molecule has 1 saturated heterocycles. The number of piperazine rings is 1. The summed E-state index contributed by atoms with van der Waals surface area (Å²) in [6.07, 6.45) is 5.82. The summed E-state index contributed by atoms with van der Waals surface area (Å²) in [4.78, 5) is 2.74. The fraction of sp³-hybridized carbons (Fsp3) is 1.00. The van der Waals surface area contributed by atoms with Crippen LogP contribution in [0, 0.1) is 17.8 Å². The van der Waals surface area contributed by atoms with Gasteiger partial charge in [0.05, 0.1) is 0 Å². The minimum atomic E-state index is 0.875. The number of hydrogen-bond acceptors (Lipinski definition) is 2. The molecule has 2 fully saturated rings. The van der Waals surface area contributed by atoms with Gasteiger partial charge in [-0.2, -0.15) is 0 Å². The molecule has 1 N–H and O–H groups in total. The highest BCUT2D eigenvalue weighted by Crippen LogP contribution is 2.35. The largest absolute Gasteiger partial charge is 0.314 e. The lowest BCUT2D eigenvalue weighted by atomic mass is 9.75. The molecule has 0 aromatic rings. The summed E-state index contributed by atoms with van der Waals surface area (Å²) in [6, 6.07) is 0.875. The second-order valence-electron chi connectivity index (χ2n) is 6.64. The quantitative estimate of drug-likeness (QED) is 0.813. The van der Waals surface area contributed by atoms with Crippen molar-refractivity contribution >= 4 is 0 Å². The first-order valence-corrected chi connectivity index (χ1v) is 7.61. The van der Waals surface area contributed by atoms with Gasteiger partial charge in [0, 0.05) is 32.2 Å². The average Bonchev–Trinajstić information content (AvgIpc) is 2.29. The smallest absolute Gasteiger partial charge is 0.0122 e. The molecule has 2 heteroatoms. The van der Waals surface area contributed by atoms with Crippen LogP contribution in [0.2, 0.25) is 0 Å². The maximum atomic E-state index is 3.46. The van der Waals surface area contributed by atoms with Crippen LogP contribution in [0.3, 0.4) is 0 Å². The van der Waals surface area contributed by atoms with Gasteiger partial charge in [0.1, 0.15) is 0 Å². The lowest BCUT2D eigenvalue weighted by molar-refractivity contribution is 0.0741. The first-order valence-electron chi connectivity index (χ1n) is 7.61. The predicted molar refractivity (Wildman–Crippen MR) is 74.2 cm³/mol. The Bertz CT molecular complexity index is 221. The molecule has 1 heterocycles. The molecule has 0 amide bonds. The van der Waals surface area contributed by atoms with Gasteiger partial charge < -0.3 is 5.32 Å². The van der Waals surface area contributed by atoms with Crippen LogP contribution in [0.4, 0.5) is 0 Å². The van der Waals surface area contributed by atoms with E-state index in [1.54, 1.807) is 0 Å². The minimum Gasteiger partial charge on any atom is -0.314 e. The van der Waals surface area contributed by atoms with Gasteiger partial charge in [-0.1, -0.05) is 20.8 Å². The Hall–Kier alpha value is -0.0800. The van der Waals surface area contributed by atoms with Crippen LogP contribution in [0.1, 0.15) is 46.5 Å². The number of rotatable bonds is 3. The highest BCUT2D eigenvalue weighted by molar-refractivity contribution is 4.86. The molecular formula is C15H30N2. The summed E-state index contributed by atoms with van der Waals surface area (Å²) in [5.74, 6) is 2.79. The first-order chi connectivity index (χ1) is 8.16. The number of hydrogen-bond donors (Lipinski definition) is 1. The van der Waals surface area contributed by atoms with E-state index in [2.05, 4.69) is 31.0 Å². The molecule has 3 unspecified atom stereocenters. The summed E-state index contributed by atoms with van der Waals surface area (Å²) in [5.41, 5.74) is 0. The average molecular weight is 238 g/mol. The standard InChI is InChI=1S/C15H30N2/c1-12(2)10-14-4-5-15(13(3)11-14)17-8-6-16-7-9-17/h12-16H,4-11H2,1-3H3. The third kappa shape index (κ3) is 3.69. The normalized spacial score (nSPS) is 36.4. The van der Waals surface area contributed by atoms with Gasteiger partial charge in [0.2, 0.25) is 0 Å². The van der Waals surface area contributed by atoms with E-state index in [-0.39, 0.29) is 0 Å². The van der Waals surface area contributed by atoms with Gasteiger partial charge in [-0.15, -0.1) is 0 Å². The van der Waals surface area contributed by atoms with Crippen LogP contribution in [-0.2, 0) is 0 Å². The lowest BCUT2D eigenvalue weighted by Crippen LogP contribution is -2.51. The maximum absolute atomic E-state index is 3.46. The van der Waals surface area contributed by atoms with Crippen molar-refractivity contribution in [1.29, 1.82) is 0 Å².